The van der Waals surface area contributed by atoms with Gasteiger partial charge >= 0.3 is 0 Å². The number of halogens is 1. The molecule has 20 heavy (non-hydrogen) atoms. The fourth-order valence-corrected chi connectivity index (χ4v) is 2.55. The molecule has 0 aliphatic carbocycles. The average molecular weight is 331 g/mol. The minimum absolute atomic E-state index is 0.196. The van der Waals surface area contributed by atoms with Gasteiger partial charge in [-0.25, -0.2) is 5.10 Å². The number of fused-ring (bicyclic) bond motifs is 1. The minimum Gasteiger partial charge on any atom is -0.496 e. The molecule has 3 aromatic rings. The summed E-state index contributed by atoms with van der Waals surface area (Å²) in [6.45, 7) is 0. The van der Waals surface area contributed by atoms with Gasteiger partial charge in [0.05, 0.1) is 12.5 Å². The van der Waals surface area contributed by atoms with E-state index >= 15 is 0 Å². The van der Waals surface area contributed by atoms with E-state index < -0.39 is 0 Å². The fraction of sp³-hybridized carbons (Fsp3) is 0.0667. The van der Waals surface area contributed by atoms with Crippen LogP contribution in [0.3, 0.4) is 0 Å². The Hall–Kier alpha value is -2.14. The van der Waals surface area contributed by atoms with Gasteiger partial charge in [-0.1, -0.05) is 34.1 Å². The number of hydrogen-bond acceptors (Lipinski definition) is 3. The van der Waals surface area contributed by atoms with Gasteiger partial charge in [-0.05, 0) is 24.3 Å². The van der Waals surface area contributed by atoms with E-state index in [-0.39, 0.29) is 5.56 Å². The van der Waals surface area contributed by atoms with Crippen LogP contribution in [-0.2, 0) is 0 Å². The number of aromatic nitrogens is 2. The third-order valence-electron chi connectivity index (χ3n) is 3.11. The van der Waals surface area contributed by atoms with Crippen LogP contribution in [0.2, 0.25) is 0 Å². The Labute approximate surface area is 123 Å². The molecule has 1 heterocycles. The first-order valence-corrected chi connectivity index (χ1v) is 6.81. The zero-order valence-electron chi connectivity index (χ0n) is 10.7. The molecule has 0 saturated carbocycles. The Kier molecular flexibility index (Phi) is 3.28. The Morgan fingerprint density at radius 1 is 1.15 bits per heavy atom. The molecule has 0 spiro atoms. The average Bonchev–Trinajstić information content (AvgIpc) is 2.48. The highest BCUT2D eigenvalue weighted by Gasteiger charge is 2.13. The van der Waals surface area contributed by atoms with Crippen LogP contribution >= 0.6 is 15.9 Å². The maximum Gasteiger partial charge on any atom is 0.272 e. The van der Waals surface area contributed by atoms with Crippen molar-refractivity contribution in [2.24, 2.45) is 0 Å². The van der Waals surface area contributed by atoms with E-state index in [1.807, 2.05) is 36.4 Å². The molecular weight excluding hydrogens is 320 g/mol. The van der Waals surface area contributed by atoms with Gasteiger partial charge in [0.25, 0.3) is 5.56 Å². The van der Waals surface area contributed by atoms with Crippen molar-refractivity contribution in [3.05, 3.63) is 57.3 Å². The van der Waals surface area contributed by atoms with Gasteiger partial charge in [0.15, 0.2) is 0 Å². The molecule has 3 rings (SSSR count). The molecule has 4 nitrogen and oxygen atoms in total. The predicted octanol–water partition coefficient (Wildman–Crippen LogP) is 3.36. The number of methoxy groups -OCH3 is 1. The van der Waals surface area contributed by atoms with Crippen molar-refractivity contribution in [2.75, 3.05) is 7.11 Å². The maximum atomic E-state index is 11.8. The lowest BCUT2D eigenvalue weighted by Crippen LogP contribution is -2.09. The second-order valence-electron chi connectivity index (χ2n) is 4.29. The highest BCUT2D eigenvalue weighted by molar-refractivity contribution is 9.10. The number of ether oxygens (including phenoxy) is 1. The summed E-state index contributed by atoms with van der Waals surface area (Å²) in [7, 11) is 1.61. The second kappa shape index (κ2) is 5.09. The summed E-state index contributed by atoms with van der Waals surface area (Å²) in [5.41, 5.74) is 1.32. The third kappa shape index (κ3) is 2.10. The van der Waals surface area contributed by atoms with E-state index in [1.54, 1.807) is 13.2 Å². The van der Waals surface area contributed by atoms with Crippen molar-refractivity contribution in [2.45, 2.75) is 0 Å². The van der Waals surface area contributed by atoms with Gasteiger partial charge in [0, 0.05) is 15.4 Å². The lowest BCUT2D eigenvalue weighted by Gasteiger charge is -2.10. The maximum absolute atomic E-state index is 11.8. The van der Waals surface area contributed by atoms with Crippen molar-refractivity contribution in [3.63, 3.8) is 0 Å². The van der Waals surface area contributed by atoms with Gasteiger partial charge in [-0.3, -0.25) is 4.79 Å². The van der Waals surface area contributed by atoms with Crippen LogP contribution in [0, 0.1) is 0 Å². The zero-order valence-corrected chi connectivity index (χ0v) is 12.3. The molecule has 0 fully saturated rings. The molecule has 0 radical (unpaired) electrons. The van der Waals surface area contributed by atoms with Crippen LogP contribution in [-0.4, -0.2) is 17.3 Å². The summed E-state index contributed by atoms with van der Waals surface area (Å²) in [6, 6.07) is 13.1. The number of nitrogens with zero attached hydrogens (tertiary/aromatic N) is 1. The topological polar surface area (TPSA) is 55.0 Å². The van der Waals surface area contributed by atoms with E-state index in [0.717, 1.165) is 15.4 Å². The van der Waals surface area contributed by atoms with E-state index in [0.29, 0.717) is 16.8 Å². The van der Waals surface area contributed by atoms with Crippen LogP contribution in [0.4, 0.5) is 0 Å². The summed E-state index contributed by atoms with van der Waals surface area (Å²) < 4.78 is 6.30. The zero-order chi connectivity index (χ0) is 14.1. The van der Waals surface area contributed by atoms with E-state index in [4.69, 9.17) is 4.74 Å². The summed E-state index contributed by atoms with van der Waals surface area (Å²) in [6.07, 6.45) is 0. The largest absolute Gasteiger partial charge is 0.496 e. The quantitative estimate of drug-likeness (QED) is 0.783. The summed E-state index contributed by atoms with van der Waals surface area (Å²) in [4.78, 5) is 11.8. The predicted molar refractivity (Wildman–Crippen MR) is 82.1 cm³/mol. The van der Waals surface area contributed by atoms with Gasteiger partial charge in [-0.2, -0.15) is 5.10 Å². The molecule has 0 amide bonds. The number of aromatic amines is 1. The molecule has 0 aliphatic heterocycles. The molecule has 0 unspecified atom stereocenters. The Bertz CT molecular complexity index is 843. The monoisotopic (exact) mass is 330 g/mol. The molecular formula is C15H11BrN2O2. The molecule has 0 atom stereocenters. The molecule has 0 aliphatic rings. The number of benzene rings is 2. The molecule has 100 valence electrons. The molecule has 0 bridgehead atoms. The van der Waals surface area contributed by atoms with E-state index in [1.165, 1.54) is 0 Å². The van der Waals surface area contributed by atoms with E-state index in [2.05, 4.69) is 26.1 Å². The van der Waals surface area contributed by atoms with Gasteiger partial charge in [-0.15, -0.1) is 0 Å². The summed E-state index contributed by atoms with van der Waals surface area (Å²) >= 11 is 3.45. The van der Waals surface area contributed by atoms with Gasteiger partial charge < -0.3 is 4.74 Å². The third-order valence-corrected chi connectivity index (χ3v) is 3.61. The van der Waals surface area contributed by atoms with Crippen molar-refractivity contribution < 1.29 is 4.74 Å². The van der Waals surface area contributed by atoms with Crippen LogP contribution < -0.4 is 10.3 Å². The van der Waals surface area contributed by atoms with Gasteiger partial charge in [0.2, 0.25) is 0 Å². The number of rotatable bonds is 2. The molecule has 2 aromatic carbocycles. The fourth-order valence-electron chi connectivity index (χ4n) is 2.19. The van der Waals surface area contributed by atoms with Crippen molar-refractivity contribution in [1.82, 2.24) is 10.2 Å². The lowest BCUT2D eigenvalue weighted by molar-refractivity contribution is 0.416. The van der Waals surface area contributed by atoms with Crippen molar-refractivity contribution in [3.8, 4) is 17.0 Å². The normalized spacial score (nSPS) is 10.7. The summed E-state index contributed by atoms with van der Waals surface area (Å²) in [5, 5.41) is 8.13. The standard InChI is InChI=1S/C15H11BrN2O2/c1-20-13-7-6-9(16)8-12(13)14-10-4-2-3-5-11(10)15(19)18-17-14/h2-8H,1H3,(H,18,19). The summed E-state index contributed by atoms with van der Waals surface area (Å²) in [5.74, 6) is 0.706. The second-order valence-corrected chi connectivity index (χ2v) is 5.21. The van der Waals surface area contributed by atoms with E-state index in [9.17, 15) is 4.79 Å². The number of hydrogen-bond donors (Lipinski definition) is 1. The van der Waals surface area contributed by atoms with Crippen LogP contribution in [0.5, 0.6) is 5.75 Å². The molecule has 1 N–H and O–H groups in total. The minimum atomic E-state index is -0.196. The smallest absolute Gasteiger partial charge is 0.272 e. The molecule has 5 heteroatoms. The van der Waals surface area contributed by atoms with Gasteiger partial charge in [0.1, 0.15) is 11.4 Å². The number of nitrogens with one attached hydrogen (secondary N) is 1. The van der Waals surface area contributed by atoms with Crippen molar-refractivity contribution >= 4 is 26.7 Å². The Morgan fingerprint density at radius 3 is 2.65 bits per heavy atom. The first-order valence-electron chi connectivity index (χ1n) is 6.02. The van der Waals surface area contributed by atoms with Crippen molar-refractivity contribution in [1.29, 1.82) is 0 Å². The SMILES string of the molecule is COc1ccc(Br)cc1-c1n[nH]c(=O)c2ccccc12. The van der Waals surface area contributed by atoms with Crippen LogP contribution in [0.25, 0.3) is 22.0 Å². The lowest BCUT2D eigenvalue weighted by atomic mass is 10.0. The first-order chi connectivity index (χ1) is 9.70. The van der Waals surface area contributed by atoms with Crippen LogP contribution in [0.15, 0.2) is 51.7 Å². The molecule has 0 saturated heterocycles. The Morgan fingerprint density at radius 2 is 1.90 bits per heavy atom. The first kappa shape index (κ1) is 12.9. The highest BCUT2D eigenvalue weighted by Crippen LogP contribution is 2.34. The Balaban J connectivity index is 2.39. The van der Waals surface area contributed by atoms with Crippen LogP contribution in [0.1, 0.15) is 0 Å². The number of H-pyrrole nitrogens is 1. The molecule has 1 aromatic heterocycles. The highest BCUT2D eigenvalue weighted by atomic mass is 79.9.